The first kappa shape index (κ1) is 16.9. The first-order valence-corrected chi connectivity index (χ1v) is 10.0. The number of H-pyrrole nitrogens is 1. The molecule has 1 aromatic rings. The third-order valence-electron chi connectivity index (χ3n) is 5.45. The topological polar surface area (TPSA) is 119 Å². The fraction of sp³-hybridized carbons (Fsp3) is 0.842. The summed E-state index contributed by atoms with van der Waals surface area (Å²) in [6.07, 6.45) is 3.14. The summed E-state index contributed by atoms with van der Waals surface area (Å²) < 4.78 is 35.8. The predicted octanol–water partition coefficient (Wildman–Crippen LogP) is 1.41. The lowest BCUT2D eigenvalue weighted by molar-refractivity contribution is -0.157. The number of aromatic amines is 1. The van der Waals surface area contributed by atoms with Crippen LogP contribution in [0, 0.1) is 17.8 Å². The molecule has 0 amide bonds. The van der Waals surface area contributed by atoms with Crippen LogP contribution < -0.4 is 5.32 Å². The molecule has 0 unspecified atom stereocenters. The van der Waals surface area contributed by atoms with Gasteiger partial charge in [0.1, 0.15) is 12.1 Å². The van der Waals surface area contributed by atoms with Crippen LogP contribution in [0.1, 0.15) is 62.3 Å². The van der Waals surface area contributed by atoms with E-state index in [9.17, 15) is 9.59 Å². The number of carbonyl (C=O) groups excluding carboxylic acids is 2. The van der Waals surface area contributed by atoms with Crippen LogP contribution in [-0.2, 0) is 25.5 Å². The van der Waals surface area contributed by atoms with Crippen LogP contribution in [0.25, 0.3) is 0 Å². The first-order chi connectivity index (χ1) is 14.6. The second kappa shape index (κ2) is 9.95. The van der Waals surface area contributed by atoms with E-state index >= 15 is 0 Å². The van der Waals surface area contributed by atoms with Crippen molar-refractivity contribution >= 4 is 11.9 Å². The first-order valence-electron chi connectivity index (χ1n) is 11.5. The highest BCUT2D eigenvalue weighted by atomic mass is 16.6. The predicted molar refractivity (Wildman–Crippen MR) is 100 cm³/mol. The maximum Gasteiger partial charge on any atom is 0.323 e. The number of aromatic nitrogens is 4. The third-order valence-corrected chi connectivity index (χ3v) is 5.45. The number of aryl methyl sites for hydroxylation is 1. The van der Waals surface area contributed by atoms with E-state index in [-0.39, 0.29) is 31.3 Å². The maximum atomic E-state index is 12.8. The van der Waals surface area contributed by atoms with E-state index in [0.29, 0.717) is 24.6 Å². The van der Waals surface area contributed by atoms with Crippen LogP contribution in [0.2, 0.25) is 0 Å². The summed E-state index contributed by atoms with van der Waals surface area (Å²) in [5, 5.41) is 16.5. The lowest BCUT2D eigenvalue weighted by Gasteiger charge is -2.42. The number of tetrazole rings is 1. The number of nitrogens with zero attached hydrogens (tertiary/aromatic N) is 3. The zero-order valence-corrected chi connectivity index (χ0v) is 16.4. The number of ether oxygens (including phenoxy) is 2. The minimum Gasteiger partial charge on any atom is -0.466 e. The van der Waals surface area contributed by atoms with Crippen molar-refractivity contribution in [2.24, 2.45) is 17.8 Å². The van der Waals surface area contributed by atoms with E-state index in [1.165, 1.54) is 0 Å². The molecule has 2 fully saturated rings. The maximum absolute atomic E-state index is 12.8. The molecule has 156 valence electrons. The molecule has 1 aliphatic heterocycles. The molecule has 1 aromatic heterocycles. The van der Waals surface area contributed by atoms with E-state index in [4.69, 9.17) is 13.6 Å². The normalized spacial score (nSPS) is 34.2. The molecule has 0 aromatic carbocycles. The van der Waals surface area contributed by atoms with Crippen molar-refractivity contribution in [2.45, 2.75) is 70.9 Å². The third kappa shape index (κ3) is 5.73. The van der Waals surface area contributed by atoms with Gasteiger partial charge in [0.05, 0.1) is 14.4 Å². The van der Waals surface area contributed by atoms with Gasteiger partial charge in [-0.1, -0.05) is 11.6 Å². The molecule has 5 atom stereocenters. The molecule has 1 saturated carbocycles. The van der Waals surface area contributed by atoms with Gasteiger partial charge in [0.25, 0.3) is 0 Å². The monoisotopic (exact) mass is 396 g/mol. The van der Waals surface area contributed by atoms with Crippen molar-refractivity contribution in [3.63, 3.8) is 0 Å². The van der Waals surface area contributed by atoms with Crippen LogP contribution in [0.3, 0.4) is 0 Å². The fourth-order valence-electron chi connectivity index (χ4n) is 4.04. The summed E-state index contributed by atoms with van der Waals surface area (Å²) in [4.78, 5) is 24.4. The van der Waals surface area contributed by atoms with Gasteiger partial charge >= 0.3 is 11.9 Å². The standard InChI is InChI=1S/C19H31N5O4/c1-3-27-18(25)8-12(2)28-19(26)16-10-15-9-13(4-6-14(15)11-20-16)5-7-17-21-23-24-22-17/h12-16,20H,3-11H2,1-2H3,(H,21,22,23,24)/t12-,13+,14-,15+,16-/m0/s1/i11D2,16D. The van der Waals surface area contributed by atoms with Crippen molar-refractivity contribution < 1.29 is 23.2 Å². The quantitative estimate of drug-likeness (QED) is 0.633. The molecule has 28 heavy (non-hydrogen) atoms. The summed E-state index contributed by atoms with van der Waals surface area (Å²) in [6.45, 7) is 1.64. The molecule has 1 saturated heterocycles. The summed E-state index contributed by atoms with van der Waals surface area (Å²) >= 11 is 0. The Morgan fingerprint density at radius 2 is 2.21 bits per heavy atom. The van der Waals surface area contributed by atoms with Gasteiger partial charge in [-0.25, -0.2) is 0 Å². The average Bonchev–Trinajstić information content (AvgIpc) is 3.19. The molecule has 0 spiro atoms. The molecule has 0 bridgehead atoms. The molecule has 1 aliphatic carbocycles. The SMILES string of the molecule is [2H]C1([2H])N[C@]([2H])(C(=O)O[C@@H](C)CC(=O)OCC)C[C@H]2C[C@@H](CCc3nn[nH]n3)CC[C@H]21. The minimum atomic E-state index is -1.90. The number of hydrogen-bond acceptors (Lipinski definition) is 8. The number of carbonyl (C=O) groups is 2. The number of esters is 2. The highest BCUT2D eigenvalue weighted by Crippen LogP contribution is 2.40. The van der Waals surface area contributed by atoms with Crippen LogP contribution in [0.5, 0.6) is 0 Å². The van der Waals surface area contributed by atoms with Crippen LogP contribution in [0.4, 0.5) is 0 Å². The summed E-state index contributed by atoms with van der Waals surface area (Å²) in [5.41, 5.74) is 0. The van der Waals surface area contributed by atoms with Crippen LogP contribution in [-0.4, -0.2) is 57.8 Å². The minimum absolute atomic E-state index is 0.104. The molecule has 9 nitrogen and oxygen atoms in total. The highest BCUT2D eigenvalue weighted by molar-refractivity contribution is 5.77. The van der Waals surface area contributed by atoms with Crippen molar-refractivity contribution in [3.05, 3.63) is 5.82 Å². The van der Waals surface area contributed by atoms with Gasteiger partial charge in [0.15, 0.2) is 5.82 Å². The summed E-state index contributed by atoms with van der Waals surface area (Å²) in [6, 6.07) is -1.90. The van der Waals surface area contributed by atoms with E-state index in [1.807, 2.05) is 0 Å². The Bertz CT molecular complexity index is 766. The Morgan fingerprint density at radius 1 is 1.36 bits per heavy atom. The Labute approximate surface area is 169 Å². The van der Waals surface area contributed by atoms with Crippen molar-refractivity contribution in [1.29, 1.82) is 0 Å². The second-order valence-electron chi connectivity index (χ2n) is 7.59. The lowest BCUT2D eigenvalue weighted by Crippen LogP contribution is -2.50. The molecule has 2 heterocycles. The Balaban J connectivity index is 1.61. The van der Waals surface area contributed by atoms with Crippen molar-refractivity contribution in [2.75, 3.05) is 13.1 Å². The van der Waals surface area contributed by atoms with Crippen LogP contribution >= 0.6 is 0 Å². The van der Waals surface area contributed by atoms with Gasteiger partial charge in [-0.2, -0.15) is 5.21 Å². The highest BCUT2D eigenvalue weighted by Gasteiger charge is 2.38. The van der Waals surface area contributed by atoms with E-state index in [0.717, 1.165) is 19.3 Å². The number of nitrogens with one attached hydrogen (secondary N) is 2. The van der Waals surface area contributed by atoms with Crippen LogP contribution in [0.15, 0.2) is 0 Å². The van der Waals surface area contributed by atoms with Gasteiger partial charge in [-0.15, -0.1) is 10.2 Å². The van der Waals surface area contributed by atoms with Crippen molar-refractivity contribution in [1.82, 2.24) is 25.9 Å². The molecule has 2 aliphatic rings. The molecular formula is C19H31N5O4. The number of piperidine rings is 1. The van der Waals surface area contributed by atoms with E-state index in [2.05, 4.69) is 25.9 Å². The number of hydrogen-bond donors (Lipinski definition) is 2. The number of fused-ring (bicyclic) bond motifs is 1. The largest absolute Gasteiger partial charge is 0.466 e. The number of rotatable bonds is 8. The zero-order valence-electron chi connectivity index (χ0n) is 19.4. The van der Waals surface area contributed by atoms with Gasteiger partial charge in [-0.05, 0) is 63.8 Å². The lowest BCUT2D eigenvalue weighted by atomic mass is 9.69. The van der Waals surface area contributed by atoms with E-state index in [1.54, 1.807) is 13.8 Å². The van der Waals surface area contributed by atoms with Gasteiger partial charge in [0, 0.05) is 9.16 Å². The molecule has 2 N–H and O–H groups in total. The van der Waals surface area contributed by atoms with E-state index < -0.39 is 30.6 Å². The Hall–Kier alpha value is -2.03. The van der Waals surface area contributed by atoms with Gasteiger partial charge in [-0.3, -0.25) is 9.59 Å². The molecule has 9 heteroatoms. The Kier molecular flexibility index (Phi) is 6.00. The smallest absolute Gasteiger partial charge is 0.323 e. The van der Waals surface area contributed by atoms with Gasteiger partial charge < -0.3 is 14.8 Å². The molecule has 0 radical (unpaired) electrons. The summed E-state index contributed by atoms with van der Waals surface area (Å²) in [5.74, 6) is -0.734. The van der Waals surface area contributed by atoms with Crippen molar-refractivity contribution in [3.8, 4) is 0 Å². The fourth-order valence-corrected chi connectivity index (χ4v) is 4.04. The molecular weight excluding hydrogens is 362 g/mol. The van der Waals surface area contributed by atoms with Gasteiger partial charge in [0.2, 0.25) is 0 Å². The second-order valence-corrected chi connectivity index (χ2v) is 7.59. The zero-order chi connectivity index (χ0) is 22.6. The molecule has 3 rings (SSSR count). The Morgan fingerprint density at radius 3 is 2.96 bits per heavy atom. The summed E-state index contributed by atoms with van der Waals surface area (Å²) in [7, 11) is 0. The average molecular weight is 397 g/mol.